The van der Waals surface area contributed by atoms with Crippen molar-refractivity contribution in [1.82, 2.24) is 0 Å². The standard InChI is InChI=1S/C21H32S/c1-5-10-16-17(11-6-2)19(13-8-4)21(18(16)12-7-3)20-14-9-15-22-20/h9,14-15,18H,5-8,10-13H2,1-4H3. The molecule has 0 nitrogen and oxygen atoms in total. The van der Waals surface area contributed by atoms with Crippen molar-refractivity contribution in [2.45, 2.75) is 79.1 Å². The van der Waals surface area contributed by atoms with E-state index < -0.39 is 0 Å². The predicted octanol–water partition coefficient (Wildman–Crippen LogP) is 7.63. The van der Waals surface area contributed by atoms with Crippen molar-refractivity contribution >= 4 is 16.9 Å². The molecule has 122 valence electrons. The van der Waals surface area contributed by atoms with E-state index >= 15 is 0 Å². The minimum absolute atomic E-state index is 0.701. The highest BCUT2D eigenvalue weighted by Gasteiger charge is 2.32. The highest BCUT2D eigenvalue weighted by molar-refractivity contribution is 7.11. The van der Waals surface area contributed by atoms with Crippen molar-refractivity contribution < 1.29 is 0 Å². The molecule has 22 heavy (non-hydrogen) atoms. The summed E-state index contributed by atoms with van der Waals surface area (Å²) in [5.74, 6) is 0.701. The van der Waals surface area contributed by atoms with Crippen LogP contribution in [0.2, 0.25) is 0 Å². The van der Waals surface area contributed by atoms with E-state index in [-0.39, 0.29) is 0 Å². The van der Waals surface area contributed by atoms with E-state index in [2.05, 4.69) is 45.2 Å². The van der Waals surface area contributed by atoms with Gasteiger partial charge in [0.1, 0.15) is 0 Å². The molecule has 1 atom stereocenters. The summed E-state index contributed by atoms with van der Waals surface area (Å²) < 4.78 is 0. The highest BCUT2D eigenvalue weighted by Crippen LogP contribution is 2.50. The Kier molecular flexibility index (Phi) is 6.95. The SMILES string of the molecule is CCCC1=C(CCC)C(CCC)C(c2cccs2)=C1CCC. The molecule has 0 spiro atoms. The molecule has 0 radical (unpaired) electrons. The van der Waals surface area contributed by atoms with Gasteiger partial charge in [0.15, 0.2) is 0 Å². The lowest BCUT2D eigenvalue weighted by Crippen LogP contribution is -2.04. The van der Waals surface area contributed by atoms with Crippen molar-refractivity contribution in [1.29, 1.82) is 0 Å². The van der Waals surface area contributed by atoms with Gasteiger partial charge in [0.2, 0.25) is 0 Å². The number of hydrogen-bond donors (Lipinski definition) is 0. The molecule has 1 aromatic heterocycles. The lowest BCUT2D eigenvalue weighted by Gasteiger charge is -2.19. The largest absolute Gasteiger partial charge is 0.144 e. The molecule has 1 aliphatic rings. The maximum atomic E-state index is 2.34. The average molecular weight is 317 g/mol. The van der Waals surface area contributed by atoms with Crippen LogP contribution in [-0.2, 0) is 0 Å². The van der Waals surface area contributed by atoms with E-state index in [0.717, 1.165) is 0 Å². The number of hydrogen-bond acceptors (Lipinski definition) is 1. The Morgan fingerprint density at radius 3 is 2.09 bits per heavy atom. The quantitative estimate of drug-likeness (QED) is 0.439. The van der Waals surface area contributed by atoms with Gasteiger partial charge in [0.25, 0.3) is 0 Å². The highest BCUT2D eigenvalue weighted by atomic mass is 32.1. The molecule has 1 aliphatic carbocycles. The summed E-state index contributed by atoms with van der Waals surface area (Å²) in [6.45, 7) is 9.34. The Morgan fingerprint density at radius 2 is 1.55 bits per heavy atom. The summed E-state index contributed by atoms with van der Waals surface area (Å²) in [7, 11) is 0. The third-order valence-electron chi connectivity index (χ3n) is 4.73. The monoisotopic (exact) mass is 316 g/mol. The van der Waals surface area contributed by atoms with Crippen LogP contribution in [0, 0.1) is 5.92 Å². The summed E-state index contributed by atoms with van der Waals surface area (Å²) in [6.07, 6.45) is 10.2. The van der Waals surface area contributed by atoms with Crippen molar-refractivity contribution in [3.63, 3.8) is 0 Å². The Bertz CT molecular complexity index is 516. The fourth-order valence-corrected chi connectivity index (χ4v) is 4.86. The zero-order valence-electron chi connectivity index (χ0n) is 14.9. The Hall–Kier alpha value is -0.820. The molecule has 0 fully saturated rings. The summed E-state index contributed by atoms with van der Waals surface area (Å²) in [6, 6.07) is 4.56. The molecule has 1 aromatic rings. The maximum Gasteiger partial charge on any atom is 0.0311 e. The molecular formula is C21H32S. The fraction of sp³-hybridized carbons (Fsp3) is 0.619. The average Bonchev–Trinajstić information content (AvgIpc) is 3.11. The number of thiophene rings is 1. The van der Waals surface area contributed by atoms with E-state index in [1.54, 1.807) is 22.3 Å². The van der Waals surface area contributed by atoms with E-state index in [1.165, 1.54) is 56.2 Å². The molecule has 0 aliphatic heterocycles. The summed E-state index contributed by atoms with van der Waals surface area (Å²) in [4.78, 5) is 1.53. The van der Waals surface area contributed by atoms with Crippen LogP contribution in [0.15, 0.2) is 34.2 Å². The van der Waals surface area contributed by atoms with Gasteiger partial charge in [0, 0.05) is 10.8 Å². The summed E-state index contributed by atoms with van der Waals surface area (Å²) in [5.41, 5.74) is 6.95. The van der Waals surface area contributed by atoms with E-state index in [9.17, 15) is 0 Å². The number of rotatable bonds is 9. The van der Waals surface area contributed by atoms with E-state index in [4.69, 9.17) is 0 Å². The molecule has 0 bridgehead atoms. The molecule has 0 aromatic carbocycles. The van der Waals surface area contributed by atoms with Crippen LogP contribution in [0.1, 0.15) is 83.9 Å². The first-order chi connectivity index (χ1) is 10.8. The summed E-state index contributed by atoms with van der Waals surface area (Å²) in [5, 5.41) is 2.24. The third kappa shape index (κ3) is 3.56. The van der Waals surface area contributed by atoms with Gasteiger partial charge < -0.3 is 0 Å². The van der Waals surface area contributed by atoms with Crippen LogP contribution in [0.3, 0.4) is 0 Å². The van der Waals surface area contributed by atoms with Crippen molar-refractivity contribution in [2.24, 2.45) is 5.92 Å². The van der Waals surface area contributed by atoms with Crippen LogP contribution < -0.4 is 0 Å². The topological polar surface area (TPSA) is 0 Å². The molecule has 1 heteroatoms. The normalized spacial score (nSPS) is 18.6. The maximum absolute atomic E-state index is 2.34. The third-order valence-corrected chi connectivity index (χ3v) is 5.63. The first kappa shape index (κ1) is 17.5. The molecule has 2 rings (SSSR count). The second kappa shape index (κ2) is 8.72. The second-order valence-electron chi connectivity index (χ2n) is 6.46. The lowest BCUT2D eigenvalue weighted by molar-refractivity contribution is 0.642. The predicted molar refractivity (Wildman–Crippen MR) is 101 cm³/mol. The van der Waals surface area contributed by atoms with Gasteiger partial charge in [-0.1, -0.05) is 65.0 Å². The van der Waals surface area contributed by atoms with Crippen LogP contribution >= 0.6 is 11.3 Å². The Morgan fingerprint density at radius 1 is 0.864 bits per heavy atom. The van der Waals surface area contributed by atoms with Crippen LogP contribution in [0.25, 0.3) is 5.57 Å². The minimum Gasteiger partial charge on any atom is -0.144 e. The molecular weight excluding hydrogens is 284 g/mol. The lowest BCUT2D eigenvalue weighted by atomic mass is 9.87. The second-order valence-corrected chi connectivity index (χ2v) is 7.41. The van der Waals surface area contributed by atoms with Gasteiger partial charge in [-0.3, -0.25) is 0 Å². The van der Waals surface area contributed by atoms with Crippen molar-refractivity contribution in [3.05, 3.63) is 39.1 Å². The molecule has 0 N–H and O–H groups in total. The Balaban J connectivity index is 2.53. The Labute approximate surface area is 141 Å². The minimum atomic E-state index is 0.701. The van der Waals surface area contributed by atoms with Gasteiger partial charge in [-0.2, -0.15) is 0 Å². The number of allylic oxidation sites excluding steroid dienone is 4. The van der Waals surface area contributed by atoms with Gasteiger partial charge in [-0.15, -0.1) is 11.3 Å². The van der Waals surface area contributed by atoms with Crippen molar-refractivity contribution in [2.75, 3.05) is 0 Å². The van der Waals surface area contributed by atoms with E-state index in [1.807, 2.05) is 11.3 Å². The smallest absolute Gasteiger partial charge is 0.0311 e. The van der Waals surface area contributed by atoms with Crippen LogP contribution in [0.5, 0.6) is 0 Å². The van der Waals surface area contributed by atoms with Crippen LogP contribution in [-0.4, -0.2) is 0 Å². The first-order valence-corrected chi connectivity index (χ1v) is 10.1. The molecule has 0 saturated heterocycles. The van der Waals surface area contributed by atoms with E-state index in [0.29, 0.717) is 5.92 Å². The molecule has 1 heterocycles. The van der Waals surface area contributed by atoms with Gasteiger partial charge in [0.05, 0.1) is 0 Å². The van der Waals surface area contributed by atoms with Crippen molar-refractivity contribution in [3.8, 4) is 0 Å². The van der Waals surface area contributed by atoms with Crippen LogP contribution in [0.4, 0.5) is 0 Å². The fourth-order valence-electron chi connectivity index (χ4n) is 4.00. The van der Waals surface area contributed by atoms with Gasteiger partial charge in [-0.05, 0) is 53.8 Å². The zero-order chi connectivity index (χ0) is 15.9. The van der Waals surface area contributed by atoms with Gasteiger partial charge >= 0.3 is 0 Å². The molecule has 1 unspecified atom stereocenters. The first-order valence-electron chi connectivity index (χ1n) is 9.27. The van der Waals surface area contributed by atoms with Gasteiger partial charge in [-0.25, -0.2) is 0 Å². The zero-order valence-corrected chi connectivity index (χ0v) is 15.7. The molecule has 0 amide bonds. The molecule has 0 saturated carbocycles. The summed E-state index contributed by atoms with van der Waals surface area (Å²) >= 11 is 1.94.